The molecule has 9 rings (SSSR count). The number of pyridine rings is 1. The first-order valence-corrected chi connectivity index (χ1v) is 13.6. The molecular weight excluding hydrogens is 492 g/mol. The van der Waals surface area contributed by atoms with Crippen molar-refractivity contribution in [1.82, 2.24) is 37.8 Å². The van der Waals surface area contributed by atoms with Gasteiger partial charge in [0.1, 0.15) is 0 Å². The van der Waals surface area contributed by atoms with Crippen LogP contribution in [0.25, 0.3) is 33.7 Å². The highest BCUT2D eigenvalue weighted by Gasteiger charge is 2.50. The molecular formula is C28H22B4N8. The van der Waals surface area contributed by atoms with Gasteiger partial charge >= 0.3 is 27.9 Å². The van der Waals surface area contributed by atoms with E-state index in [0.717, 1.165) is 33.7 Å². The molecule has 8 heterocycles. The van der Waals surface area contributed by atoms with Crippen molar-refractivity contribution in [3.8, 4) is 0 Å². The number of rotatable bonds is 1. The van der Waals surface area contributed by atoms with E-state index in [-0.39, 0.29) is 27.9 Å². The Labute approximate surface area is 233 Å². The van der Waals surface area contributed by atoms with Crippen molar-refractivity contribution in [2.75, 3.05) is 0 Å². The number of hydrogen-bond acceptors (Lipinski definition) is 6. The molecule has 0 unspecified atom stereocenters. The Morgan fingerprint density at radius 2 is 1.18 bits per heavy atom. The zero-order valence-electron chi connectivity index (χ0n) is 21.6. The van der Waals surface area contributed by atoms with E-state index in [0.29, 0.717) is 0 Å². The molecule has 40 heavy (non-hydrogen) atoms. The molecule has 8 nitrogen and oxygen atoms in total. The van der Waals surface area contributed by atoms with Crippen molar-refractivity contribution in [2.24, 2.45) is 0 Å². The monoisotopic (exact) mass is 514 g/mol. The summed E-state index contributed by atoms with van der Waals surface area (Å²) in [6.45, 7) is 0.149. The van der Waals surface area contributed by atoms with Crippen LogP contribution in [0.2, 0.25) is 0 Å². The number of fused-ring (bicyclic) bond motifs is 13. The van der Waals surface area contributed by atoms with Gasteiger partial charge in [-0.25, -0.2) is 4.98 Å². The molecule has 0 atom stereocenters. The fraction of sp³-hybridized carbons (Fsp3) is 0. The van der Waals surface area contributed by atoms with Crippen LogP contribution in [0.3, 0.4) is 0 Å². The van der Waals surface area contributed by atoms with Gasteiger partial charge in [-0.05, 0) is 79.3 Å². The van der Waals surface area contributed by atoms with Crippen LogP contribution in [0, 0.1) is 0 Å². The number of hydrogen-bond donors (Lipinski definition) is 0. The number of aromatic nitrogens is 4. The van der Waals surface area contributed by atoms with Gasteiger partial charge in [-0.1, -0.05) is 48.3 Å². The highest BCUT2D eigenvalue weighted by molar-refractivity contribution is 6.92. The van der Waals surface area contributed by atoms with Gasteiger partial charge in [0.25, 0.3) is 0 Å². The van der Waals surface area contributed by atoms with E-state index < -0.39 is 0 Å². The molecule has 186 valence electrons. The summed E-state index contributed by atoms with van der Waals surface area (Å²) in [6.07, 6.45) is 25.7. The van der Waals surface area contributed by atoms with Gasteiger partial charge in [0.05, 0.1) is 16.6 Å². The summed E-state index contributed by atoms with van der Waals surface area (Å²) in [4.78, 5) is 9.56. The minimum absolute atomic E-state index is 0.0428. The Kier molecular flexibility index (Phi) is 4.52. The number of para-hydroxylation sites is 2. The fourth-order valence-corrected chi connectivity index (χ4v) is 6.67. The van der Waals surface area contributed by atoms with Crippen LogP contribution in [0.15, 0.2) is 134 Å². The molecule has 3 aromatic heterocycles. The van der Waals surface area contributed by atoms with Gasteiger partial charge in [-0.2, -0.15) is 4.98 Å². The molecule has 0 N–H and O–H groups in total. The Morgan fingerprint density at radius 1 is 0.575 bits per heavy atom. The highest BCUT2D eigenvalue weighted by Crippen LogP contribution is 2.33. The molecule has 1 aromatic carbocycles. The molecule has 4 aromatic rings. The molecule has 1 fully saturated rings. The number of benzene rings is 1. The average molecular weight is 514 g/mol. The predicted molar refractivity (Wildman–Crippen MR) is 165 cm³/mol. The molecule has 0 spiro atoms. The van der Waals surface area contributed by atoms with Crippen LogP contribution in [-0.4, -0.2) is 65.8 Å². The van der Waals surface area contributed by atoms with Gasteiger partial charge in [0.15, 0.2) is 5.65 Å². The molecule has 5 aliphatic heterocycles. The van der Waals surface area contributed by atoms with E-state index in [4.69, 9.17) is 4.98 Å². The van der Waals surface area contributed by atoms with E-state index >= 15 is 0 Å². The van der Waals surface area contributed by atoms with E-state index in [1.54, 1.807) is 6.20 Å². The topological polar surface area (TPSA) is 48.1 Å². The summed E-state index contributed by atoms with van der Waals surface area (Å²) in [7, 11) is 0. The molecule has 0 saturated carbocycles. The fourth-order valence-electron chi connectivity index (χ4n) is 6.67. The summed E-state index contributed by atoms with van der Waals surface area (Å²) in [5.41, 5.74) is 5.07. The van der Waals surface area contributed by atoms with Gasteiger partial charge in [-0.15, -0.1) is 0 Å². The first-order chi connectivity index (χ1) is 19.9. The lowest BCUT2D eigenvalue weighted by Gasteiger charge is -2.53. The Balaban J connectivity index is 1.26. The lowest BCUT2D eigenvalue weighted by Crippen LogP contribution is -2.73. The van der Waals surface area contributed by atoms with Gasteiger partial charge in [0, 0.05) is 11.9 Å². The van der Waals surface area contributed by atoms with Crippen LogP contribution in [0.4, 0.5) is 0 Å². The van der Waals surface area contributed by atoms with Crippen molar-refractivity contribution < 1.29 is 0 Å². The summed E-state index contributed by atoms with van der Waals surface area (Å²) in [5.74, 6) is 10.1. The third-order valence-electron chi connectivity index (χ3n) is 8.37. The summed E-state index contributed by atoms with van der Waals surface area (Å²) in [5, 5.41) is 0. The average Bonchev–Trinajstić information content (AvgIpc) is 3.55. The lowest BCUT2D eigenvalue weighted by atomic mass is 9.42. The third-order valence-corrected chi connectivity index (χ3v) is 8.37. The van der Waals surface area contributed by atoms with Crippen molar-refractivity contribution in [3.05, 3.63) is 134 Å². The molecule has 0 bridgehead atoms. The normalized spacial score (nSPS) is 19.1. The Morgan fingerprint density at radius 3 is 1.88 bits per heavy atom. The quantitative estimate of drug-likeness (QED) is 0.361. The predicted octanol–water partition coefficient (Wildman–Crippen LogP) is 3.79. The maximum absolute atomic E-state index is 5.00. The zero-order valence-corrected chi connectivity index (χ0v) is 21.6. The smallest absolute Gasteiger partial charge is 0.382 e. The second-order valence-corrected chi connectivity index (χ2v) is 10.4. The number of nitrogens with zero attached hydrogens (tertiary/aromatic N) is 8. The van der Waals surface area contributed by atoms with Crippen molar-refractivity contribution in [2.45, 2.75) is 0 Å². The first kappa shape index (κ1) is 21.9. The molecule has 0 radical (unpaired) electrons. The largest absolute Gasteiger partial charge is 0.423 e. The van der Waals surface area contributed by atoms with Crippen molar-refractivity contribution >= 4 is 61.6 Å². The molecule has 0 amide bonds. The third kappa shape index (κ3) is 2.96. The van der Waals surface area contributed by atoms with Crippen LogP contribution in [-0.2, 0) is 0 Å². The lowest BCUT2D eigenvalue weighted by molar-refractivity contribution is 0.622. The summed E-state index contributed by atoms with van der Waals surface area (Å²) >= 11 is 0. The molecule has 0 aliphatic carbocycles. The van der Waals surface area contributed by atoms with E-state index in [1.165, 1.54) is 0 Å². The Hall–Kier alpha value is -4.98. The van der Waals surface area contributed by atoms with Crippen molar-refractivity contribution in [1.29, 1.82) is 0 Å². The molecule has 12 heteroatoms. The zero-order chi connectivity index (χ0) is 26.2. The number of imidazole rings is 2. The maximum Gasteiger partial charge on any atom is 0.382 e. The first-order valence-electron chi connectivity index (χ1n) is 13.6. The minimum atomic E-state index is -0.0428. The Bertz CT molecular complexity index is 1920. The van der Waals surface area contributed by atoms with E-state index in [9.17, 15) is 0 Å². The van der Waals surface area contributed by atoms with Gasteiger partial charge < -0.3 is 18.9 Å². The summed E-state index contributed by atoms with van der Waals surface area (Å²) in [6, 6.07) is 12.6. The molecule has 1 saturated heterocycles. The van der Waals surface area contributed by atoms with Gasteiger partial charge in [-0.3, -0.25) is 8.97 Å². The number of allylic oxidation sites excluding steroid dienone is 8. The second-order valence-electron chi connectivity index (χ2n) is 10.4. The van der Waals surface area contributed by atoms with Crippen LogP contribution >= 0.6 is 0 Å². The minimum Gasteiger partial charge on any atom is -0.423 e. The SMILES string of the molecule is C1=CB2N(C=C1)B1C=CC=CN1B1C=C(n3c4ccccc4n4c5cccnc5nc34)C=CN1B1C=CC=CN21. The summed E-state index contributed by atoms with van der Waals surface area (Å²) < 4.78 is 14.2. The second kappa shape index (κ2) is 8.26. The maximum atomic E-state index is 5.00. The van der Waals surface area contributed by atoms with Crippen molar-refractivity contribution in [3.63, 3.8) is 0 Å². The van der Waals surface area contributed by atoms with Crippen LogP contribution < -0.4 is 0 Å². The van der Waals surface area contributed by atoms with Crippen LogP contribution in [0.1, 0.15) is 0 Å². The highest BCUT2D eigenvalue weighted by atomic mass is 15.3. The molecule has 5 aliphatic rings. The van der Waals surface area contributed by atoms with Crippen LogP contribution in [0.5, 0.6) is 0 Å². The standard InChI is InChI=1S/C28H22B4N8/c1-2-11-25-24(10-1)39(28-34-27-26(40(25)28)12-9-17-33-27)23-13-21-38-31-16-4-7-19-36(31)29-14-3-6-18-35(29)30-15-5-8-20-37(30)32(38)22-23/h1-22H. The van der Waals surface area contributed by atoms with E-state index in [1.807, 2.05) is 6.07 Å². The van der Waals surface area contributed by atoms with Gasteiger partial charge in [0.2, 0.25) is 5.78 Å². The van der Waals surface area contributed by atoms with E-state index in [2.05, 4.69) is 154 Å².